The molecular formula is C56H66N22O6S. The number of thioether (sulfide) groups is 1. The fraction of sp³-hybridized carbons (Fsp3) is 0.179. The molecule has 0 aliphatic carbocycles. The molecule has 0 aliphatic rings. The van der Waals surface area contributed by atoms with E-state index in [1.807, 2.05) is 87.7 Å². The highest BCUT2D eigenvalue weighted by atomic mass is 32.2. The zero-order chi connectivity index (χ0) is 61.5. The number of hydrogen-bond donors (Lipinski definition) is 9. The average Bonchev–Trinajstić information content (AvgIpc) is 3.67. The number of aryl methyl sites for hydroxylation is 2. The van der Waals surface area contributed by atoms with Gasteiger partial charge in [0.25, 0.3) is 0 Å². The Balaban J connectivity index is 0.000000207. The molecule has 1 amide bonds. The molecule has 0 spiro atoms. The van der Waals surface area contributed by atoms with Gasteiger partial charge in [-0.05, 0) is 105 Å². The molecule has 0 atom stereocenters. The Morgan fingerprint density at radius 2 is 0.835 bits per heavy atom. The smallest absolute Gasteiger partial charge is 0.221 e. The molecule has 442 valence electrons. The molecule has 0 saturated carbocycles. The molecule has 4 heterocycles. The van der Waals surface area contributed by atoms with E-state index >= 15 is 0 Å². The van der Waals surface area contributed by atoms with Gasteiger partial charge in [0.15, 0.2) is 0 Å². The van der Waals surface area contributed by atoms with Crippen molar-refractivity contribution in [2.45, 2.75) is 32.6 Å². The van der Waals surface area contributed by atoms with Gasteiger partial charge >= 0.3 is 0 Å². The van der Waals surface area contributed by atoms with Gasteiger partial charge in [0.1, 0.15) is 107 Å². The lowest BCUT2D eigenvalue weighted by molar-refractivity contribution is -0.114. The number of benzene rings is 4. The topological polar surface area (TPSA) is 392 Å². The standard InChI is InChI=1S/C15H18N6O2.C14H16N6O2.C14H17N5O.C13H15N5OS/c1-10(21-23-3)11-5-4-6-12(7-11)20-15-13(8-19-22-2)14(16)17-9-18-15;1-9(21)19-10-3-5-11(6-4-10)20-14-12(7-18-22-2)13(15)16-8-17-14;1-9-4-10(2)6-11(5-9)19-14-12(7-18-20-3)13(15)16-8-17-14;1-19-17-7-11-12(14)15-8-16-13(11)18-9-4-3-5-10(6-9)20-2/h4-9H,1-3H3,(H3,16,17,18,20);3-8H,1-2H3,(H,19,21)(H3,15,16,17,20);4-8H,1-3H3,(H3,15,16,17,19);3-8H,1-2H3,(H3,14,15,16,18)/b19-8+,21-10+;2*18-7+;17-7+. The highest BCUT2D eigenvalue weighted by molar-refractivity contribution is 7.98. The summed E-state index contributed by atoms with van der Waals surface area (Å²) >= 11 is 1.67. The van der Waals surface area contributed by atoms with Gasteiger partial charge in [-0.1, -0.05) is 50.0 Å². The molecule has 0 bridgehead atoms. The Morgan fingerprint density at radius 3 is 1.22 bits per heavy atom. The van der Waals surface area contributed by atoms with Crippen molar-refractivity contribution >= 4 is 123 Å². The van der Waals surface area contributed by atoms with E-state index in [0.717, 1.165) is 38.9 Å². The van der Waals surface area contributed by atoms with Crippen LogP contribution in [0.25, 0.3) is 0 Å². The highest BCUT2D eigenvalue weighted by Crippen LogP contribution is 2.27. The number of nitrogens with two attached hydrogens (primary N) is 4. The second-order valence-corrected chi connectivity index (χ2v) is 17.9. The van der Waals surface area contributed by atoms with E-state index in [4.69, 9.17) is 27.8 Å². The lowest BCUT2D eigenvalue weighted by Crippen LogP contribution is -2.06. The van der Waals surface area contributed by atoms with Crippen molar-refractivity contribution in [2.24, 2.45) is 25.8 Å². The van der Waals surface area contributed by atoms with Gasteiger partial charge in [-0.25, -0.2) is 39.9 Å². The van der Waals surface area contributed by atoms with Crippen LogP contribution in [-0.2, 0) is 29.0 Å². The molecule has 0 unspecified atom stereocenters. The molecule has 0 aliphatic heterocycles. The maximum atomic E-state index is 11.0. The maximum absolute atomic E-state index is 11.0. The third-order valence-corrected chi connectivity index (χ3v) is 11.6. The largest absolute Gasteiger partial charge is 0.399 e. The van der Waals surface area contributed by atoms with Crippen LogP contribution < -0.4 is 49.5 Å². The van der Waals surface area contributed by atoms with Crippen LogP contribution in [-0.4, -0.2) is 118 Å². The Labute approximate surface area is 495 Å². The first kappa shape index (κ1) is 64.6. The first-order valence-electron chi connectivity index (χ1n) is 25.1. The summed E-state index contributed by atoms with van der Waals surface area (Å²) in [4.78, 5) is 68.1. The van der Waals surface area contributed by atoms with E-state index in [1.165, 1.54) is 104 Å². The van der Waals surface area contributed by atoms with E-state index < -0.39 is 0 Å². The lowest BCUT2D eigenvalue weighted by Gasteiger charge is -2.10. The minimum absolute atomic E-state index is 0.123. The zero-order valence-electron chi connectivity index (χ0n) is 48.3. The van der Waals surface area contributed by atoms with E-state index in [-0.39, 0.29) is 11.7 Å². The van der Waals surface area contributed by atoms with Crippen LogP contribution in [0.5, 0.6) is 0 Å². The Hall–Kier alpha value is -11.2. The predicted molar refractivity (Wildman–Crippen MR) is 338 cm³/mol. The number of hydrogen-bond acceptors (Lipinski definition) is 28. The number of anilines is 13. The van der Waals surface area contributed by atoms with Gasteiger partial charge in [-0.3, -0.25) is 4.79 Å². The van der Waals surface area contributed by atoms with Crippen LogP contribution in [0.15, 0.2) is 147 Å². The number of aromatic nitrogens is 8. The minimum Gasteiger partial charge on any atom is -0.399 e. The molecule has 13 N–H and O–H groups in total. The maximum Gasteiger partial charge on any atom is 0.221 e. The number of nitrogen functional groups attached to an aromatic ring is 4. The molecule has 0 fully saturated rings. The Bertz CT molecular complexity index is 3590. The second-order valence-electron chi connectivity index (χ2n) is 17.1. The van der Waals surface area contributed by atoms with E-state index in [1.54, 1.807) is 36.0 Å². The molecule has 4 aromatic heterocycles. The number of nitrogens with one attached hydrogen (secondary N) is 5. The van der Waals surface area contributed by atoms with Crippen molar-refractivity contribution in [1.29, 1.82) is 0 Å². The van der Waals surface area contributed by atoms with E-state index in [9.17, 15) is 4.79 Å². The van der Waals surface area contributed by atoms with Gasteiger partial charge in [-0.2, -0.15) is 0 Å². The summed E-state index contributed by atoms with van der Waals surface area (Å²) in [6.45, 7) is 7.40. The Morgan fingerprint density at radius 1 is 0.459 bits per heavy atom. The number of carbonyl (C=O) groups is 1. The zero-order valence-corrected chi connectivity index (χ0v) is 49.1. The molecule has 4 aromatic carbocycles. The monoisotopic (exact) mass is 1170 g/mol. The highest BCUT2D eigenvalue weighted by Gasteiger charge is 2.13. The number of nitrogens with zero attached hydrogens (tertiary/aromatic N) is 13. The quantitative estimate of drug-likeness (QED) is 0.0195. The van der Waals surface area contributed by atoms with Crippen molar-refractivity contribution in [1.82, 2.24) is 39.9 Å². The van der Waals surface area contributed by atoms with E-state index in [0.29, 0.717) is 68.7 Å². The minimum atomic E-state index is -0.123. The fourth-order valence-electron chi connectivity index (χ4n) is 7.11. The van der Waals surface area contributed by atoms with Gasteiger partial charge in [0.05, 0.1) is 52.8 Å². The summed E-state index contributed by atoms with van der Waals surface area (Å²) in [5.41, 5.74) is 33.8. The summed E-state index contributed by atoms with van der Waals surface area (Å²) in [5, 5.41) is 34.2. The first-order chi connectivity index (χ1) is 41.1. The first-order valence-corrected chi connectivity index (χ1v) is 26.4. The molecule has 85 heavy (non-hydrogen) atoms. The lowest BCUT2D eigenvalue weighted by atomic mass is 10.1. The van der Waals surface area contributed by atoms with Crippen molar-refractivity contribution in [3.63, 3.8) is 0 Å². The van der Waals surface area contributed by atoms with Crippen molar-refractivity contribution in [3.05, 3.63) is 155 Å². The predicted octanol–water partition coefficient (Wildman–Crippen LogP) is 8.80. The van der Waals surface area contributed by atoms with Crippen LogP contribution in [0.2, 0.25) is 0 Å². The summed E-state index contributed by atoms with van der Waals surface area (Å²) in [6.07, 6.45) is 13.4. The van der Waals surface area contributed by atoms with Gasteiger partial charge in [0.2, 0.25) is 5.91 Å². The molecular weight excluding hydrogens is 1110 g/mol. The average molecular weight is 1180 g/mol. The number of rotatable bonds is 20. The number of carbonyl (C=O) groups excluding carboxylic acids is 1. The van der Waals surface area contributed by atoms with Crippen LogP contribution in [0.1, 0.15) is 52.8 Å². The normalized spacial score (nSPS) is 10.9. The number of amides is 1. The Kier molecular flexibility index (Phi) is 25.9. The van der Waals surface area contributed by atoms with Crippen LogP contribution in [0, 0.1) is 13.8 Å². The molecule has 0 saturated heterocycles. The molecule has 0 radical (unpaired) electrons. The number of oxime groups is 5. The summed E-state index contributed by atoms with van der Waals surface area (Å²) in [6, 6.07) is 29.0. The van der Waals surface area contributed by atoms with E-state index in [2.05, 4.69) is 118 Å². The van der Waals surface area contributed by atoms with Crippen molar-refractivity contribution < 1.29 is 29.0 Å². The molecule has 8 rings (SSSR count). The summed E-state index contributed by atoms with van der Waals surface area (Å²) < 4.78 is 0. The van der Waals surface area contributed by atoms with Crippen LogP contribution in [0.3, 0.4) is 0 Å². The second kappa shape index (κ2) is 34.1. The van der Waals surface area contributed by atoms with Crippen LogP contribution in [0.4, 0.5) is 75.0 Å². The molecule has 8 aromatic rings. The summed E-state index contributed by atoms with van der Waals surface area (Å²) in [7, 11) is 7.32. The van der Waals surface area contributed by atoms with Gasteiger partial charge < -0.3 is 73.7 Å². The van der Waals surface area contributed by atoms with Crippen molar-refractivity contribution in [3.8, 4) is 0 Å². The summed E-state index contributed by atoms with van der Waals surface area (Å²) in [5.74, 6) is 3.33. The third kappa shape index (κ3) is 21.0. The van der Waals surface area contributed by atoms with Crippen molar-refractivity contribution in [2.75, 3.05) is 91.3 Å². The molecule has 29 heteroatoms. The SMILES string of the molecule is CO/N=C/c1c(N)ncnc1Nc1cc(C)cc(C)c1.CO/N=C/c1c(N)ncnc1Nc1ccc(NC(C)=O)cc1.CO/N=C/c1c(N)ncnc1Nc1cccc(/C(C)=N/OC)c1.CO/N=C/c1c(N)ncnc1Nc1cccc(SC)c1. The van der Waals surface area contributed by atoms with Gasteiger partial charge in [-0.15, -0.1) is 11.8 Å². The van der Waals surface area contributed by atoms with Crippen LogP contribution >= 0.6 is 11.8 Å². The fourth-order valence-corrected chi connectivity index (χ4v) is 7.57. The third-order valence-electron chi connectivity index (χ3n) is 10.9. The molecule has 28 nitrogen and oxygen atoms in total. The van der Waals surface area contributed by atoms with Gasteiger partial charge in [0, 0.05) is 45.8 Å².